The van der Waals surface area contributed by atoms with Crippen LogP contribution in [-0.2, 0) is 12.3 Å². The van der Waals surface area contributed by atoms with Crippen molar-refractivity contribution in [1.82, 2.24) is 4.98 Å². The second kappa shape index (κ2) is 6.35. The molecule has 0 radical (unpaired) electrons. The largest absolute Gasteiger partial charge is 0.356 e. The van der Waals surface area contributed by atoms with Gasteiger partial charge in [-0.05, 0) is 24.4 Å². The number of alkyl halides is 1. The van der Waals surface area contributed by atoms with Gasteiger partial charge in [-0.3, -0.25) is 0 Å². The third-order valence-electron chi connectivity index (χ3n) is 3.13. The third-order valence-corrected chi connectivity index (χ3v) is 4.31. The lowest BCUT2D eigenvalue weighted by Gasteiger charge is -2.27. The monoisotopic (exact) mass is 298 g/mol. The molecule has 1 atom stereocenters. The lowest BCUT2D eigenvalue weighted by atomic mass is 10.1. The fourth-order valence-corrected chi connectivity index (χ4v) is 2.98. The topological polar surface area (TPSA) is 16.1 Å². The van der Waals surface area contributed by atoms with E-state index in [0.717, 1.165) is 17.8 Å². The zero-order valence-corrected chi connectivity index (χ0v) is 12.5. The first-order valence-electron chi connectivity index (χ1n) is 6.07. The molecule has 0 aliphatic heterocycles. The normalized spacial score (nSPS) is 12.4. The van der Waals surface area contributed by atoms with Crippen LogP contribution < -0.4 is 4.90 Å². The molecule has 0 spiro atoms. The molecule has 0 aromatic carbocycles. The van der Waals surface area contributed by atoms with Gasteiger partial charge in [0.1, 0.15) is 11.6 Å². The van der Waals surface area contributed by atoms with Gasteiger partial charge in [-0.1, -0.05) is 6.07 Å². The fourth-order valence-electron chi connectivity index (χ4n) is 1.96. The molecule has 0 N–H and O–H groups in total. The highest BCUT2D eigenvalue weighted by Crippen LogP contribution is 2.23. The highest BCUT2D eigenvalue weighted by Gasteiger charge is 2.16. The molecular formula is C14H16ClFN2S. The average molecular weight is 299 g/mol. The second-order valence-electron chi connectivity index (χ2n) is 4.51. The Bertz CT molecular complexity index is 530. The predicted molar refractivity (Wildman–Crippen MR) is 79.6 cm³/mol. The van der Waals surface area contributed by atoms with Gasteiger partial charge in [0.15, 0.2) is 0 Å². The Morgan fingerprint density at radius 2 is 2.32 bits per heavy atom. The minimum atomic E-state index is -0.348. The number of hydrogen-bond acceptors (Lipinski definition) is 3. The summed E-state index contributed by atoms with van der Waals surface area (Å²) in [7, 11) is 1.97. The maximum atomic E-state index is 13.2. The van der Waals surface area contributed by atoms with Gasteiger partial charge in [0, 0.05) is 30.0 Å². The molecule has 0 aliphatic carbocycles. The van der Waals surface area contributed by atoms with Crippen LogP contribution in [0.15, 0.2) is 29.8 Å². The van der Waals surface area contributed by atoms with Crippen LogP contribution in [0.3, 0.4) is 0 Å². The highest BCUT2D eigenvalue weighted by atomic mass is 35.5. The fraction of sp³-hybridized carbons (Fsp3) is 0.357. The molecule has 102 valence electrons. The maximum Gasteiger partial charge on any atom is 0.141 e. The van der Waals surface area contributed by atoms with Crippen molar-refractivity contribution < 1.29 is 4.39 Å². The average Bonchev–Trinajstić information content (AvgIpc) is 2.90. The van der Waals surface area contributed by atoms with Gasteiger partial charge >= 0.3 is 0 Å². The lowest BCUT2D eigenvalue weighted by Crippen LogP contribution is -2.32. The summed E-state index contributed by atoms with van der Waals surface area (Å²) >= 11 is 7.61. The minimum absolute atomic E-state index is 0.260. The van der Waals surface area contributed by atoms with Gasteiger partial charge in [-0.25, -0.2) is 9.37 Å². The quantitative estimate of drug-likeness (QED) is 0.773. The molecule has 5 heteroatoms. The summed E-state index contributed by atoms with van der Waals surface area (Å²) in [5, 5.41) is 2.07. The molecule has 1 unspecified atom stereocenters. The first-order valence-corrected chi connectivity index (χ1v) is 7.49. The van der Waals surface area contributed by atoms with Gasteiger partial charge in [-0.15, -0.1) is 22.9 Å². The number of thiophene rings is 1. The van der Waals surface area contributed by atoms with Crippen LogP contribution in [0.4, 0.5) is 10.2 Å². The molecule has 2 nitrogen and oxygen atoms in total. The number of anilines is 1. The van der Waals surface area contributed by atoms with E-state index in [4.69, 9.17) is 11.6 Å². The molecule has 0 bridgehead atoms. The smallest absolute Gasteiger partial charge is 0.141 e. The van der Waals surface area contributed by atoms with Crippen molar-refractivity contribution in [2.24, 2.45) is 0 Å². The maximum absolute atomic E-state index is 13.2. The van der Waals surface area contributed by atoms with Gasteiger partial charge in [-0.2, -0.15) is 0 Å². The van der Waals surface area contributed by atoms with E-state index >= 15 is 0 Å². The van der Waals surface area contributed by atoms with E-state index in [1.165, 1.54) is 17.1 Å². The first kappa shape index (κ1) is 14.3. The van der Waals surface area contributed by atoms with Crippen molar-refractivity contribution in [3.8, 4) is 0 Å². The summed E-state index contributed by atoms with van der Waals surface area (Å²) in [5.41, 5.74) is 0.724. The Kier molecular flexibility index (Phi) is 4.77. The molecule has 0 amide bonds. The number of pyridine rings is 1. The summed E-state index contributed by atoms with van der Waals surface area (Å²) in [4.78, 5) is 7.55. The Labute approximate surface area is 121 Å². The number of halogens is 2. The number of aromatic nitrogens is 1. The molecule has 2 aromatic rings. The number of rotatable bonds is 5. The van der Waals surface area contributed by atoms with Crippen molar-refractivity contribution in [3.05, 3.63) is 46.0 Å². The van der Waals surface area contributed by atoms with Crippen molar-refractivity contribution in [2.75, 3.05) is 11.9 Å². The van der Waals surface area contributed by atoms with Crippen LogP contribution in [0, 0.1) is 5.82 Å². The van der Waals surface area contributed by atoms with E-state index in [1.54, 1.807) is 11.3 Å². The summed E-state index contributed by atoms with van der Waals surface area (Å²) in [5.74, 6) is 0.662. The van der Waals surface area contributed by atoms with E-state index in [2.05, 4.69) is 28.3 Å². The molecule has 2 rings (SSSR count). The van der Waals surface area contributed by atoms with Crippen LogP contribution in [0.2, 0.25) is 0 Å². The van der Waals surface area contributed by atoms with Crippen molar-refractivity contribution in [2.45, 2.75) is 25.3 Å². The third kappa shape index (κ3) is 3.45. The van der Waals surface area contributed by atoms with Crippen molar-refractivity contribution >= 4 is 28.8 Å². The zero-order chi connectivity index (χ0) is 13.8. The standard InChI is InChI=1S/C14H16ClFN2S/c1-10(6-13-4-3-5-19-13)18(2)14-11(8-15)7-12(16)9-17-14/h3-5,7,9-10H,6,8H2,1-2H3. The molecule has 2 heterocycles. The van der Waals surface area contributed by atoms with E-state index in [-0.39, 0.29) is 17.7 Å². The Balaban J connectivity index is 2.16. The van der Waals surface area contributed by atoms with Crippen molar-refractivity contribution in [3.63, 3.8) is 0 Å². The zero-order valence-electron chi connectivity index (χ0n) is 10.9. The Hall–Kier alpha value is -1.13. The minimum Gasteiger partial charge on any atom is -0.356 e. The SMILES string of the molecule is CC(Cc1cccs1)N(C)c1ncc(F)cc1CCl. The summed E-state index contributed by atoms with van der Waals surface area (Å²) in [6.45, 7) is 2.13. The Morgan fingerprint density at radius 3 is 2.95 bits per heavy atom. The summed E-state index contributed by atoms with van der Waals surface area (Å²) < 4.78 is 13.2. The van der Waals surface area contributed by atoms with Crippen LogP contribution in [-0.4, -0.2) is 18.1 Å². The first-order chi connectivity index (χ1) is 9.11. The van der Waals surface area contributed by atoms with E-state index in [0.29, 0.717) is 0 Å². The van der Waals surface area contributed by atoms with Crippen LogP contribution in [0.1, 0.15) is 17.4 Å². The molecule has 0 saturated heterocycles. The van der Waals surface area contributed by atoms with Gasteiger partial charge in [0.25, 0.3) is 0 Å². The van der Waals surface area contributed by atoms with Gasteiger partial charge < -0.3 is 4.90 Å². The van der Waals surface area contributed by atoms with E-state index in [9.17, 15) is 4.39 Å². The van der Waals surface area contributed by atoms with E-state index < -0.39 is 0 Å². The van der Waals surface area contributed by atoms with Gasteiger partial charge in [0.2, 0.25) is 0 Å². The molecule has 0 fully saturated rings. The molecule has 0 aliphatic rings. The van der Waals surface area contributed by atoms with Gasteiger partial charge in [0.05, 0.1) is 12.1 Å². The lowest BCUT2D eigenvalue weighted by molar-refractivity contribution is 0.615. The van der Waals surface area contributed by atoms with Crippen LogP contribution in [0.5, 0.6) is 0 Å². The number of hydrogen-bond donors (Lipinski definition) is 0. The number of likely N-dealkylation sites (N-methyl/N-ethyl adjacent to an activating group) is 1. The highest BCUT2D eigenvalue weighted by molar-refractivity contribution is 7.09. The van der Waals surface area contributed by atoms with Crippen molar-refractivity contribution in [1.29, 1.82) is 0 Å². The summed E-state index contributed by atoms with van der Waals surface area (Å²) in [6, 6.07) is 5.89. The van der Waals surface area contributed by atoms with Crippen LogP contribution in [0.25, 0.3) is 0 Å². The molecule has 2 aromatic heterocycles. The Morgan fingerprint density at radius 1 is 1.53 bits per heavy atom. The van der Waals surface area contributed by atoms with E-state index in [1.807, 2.05) is 13.1 Å². The molecule has 19 heavy (non-hydrogen) atoms. The second-order valence-corrected chi connectivity index (χ2v) is 5.81. The molecular weight excluding hydrogens is 283 g/mol. The summed E-state index contributed by atoms with van der Waals surface area (Å²) in [6.07, 6.45) is 2.18. The predicted octanol–water partition coefficient (Wildman–Crippen LogP) is 4.09. The van der Waals surface area contributed by atoms with Crippen LogP contribution >= 0.6 is 22.9 Å². The number of nitrogens with zero attached hydrogens (tertiary/aromatic N) is 2. The molecule has 0 saturated carbocycles.